The molecule has 2 aliphatic heterocycles. The van der Waals surface area contributed by atoms with Crippen LogP contribution in [0.5, 0.6) is 5.75 Å². The summed E-state index contributed by atoms with van der Waals surface area (Å²) >= 11 is 0. The first-order chi connectivity index (χ1) is 15.0. The fourth-order valence-electron chi connectivity index (χ4n) is 5.17. The molecule has 168 valence electrons. The standard InChI is InChI=1S/C24H33N3O4/c1-31-21-9-5-6-18(14-21)15-26-16-19(10-11-22(26)28)24(30)25-12-13-27(23(29)17-25)20-7-3-2-4-8-20/h5-6,9,14,19-20H,2-4,7-8,10-13,15-17H2,1H3. The fraction of sp³-hybridized carbons (Fsp3) is 0.625. The molecule has 0 bridgehead atoms. The summed E-state index contributed by atoms with van der Waals surface area (Å²) < 4.78 is 5.27. The lowest BCUT2D eigenvalue weighted by Gasteiger charge is -2.42. The van der Waals surface area contributed by atoms with Crippen molar-refractivity contribution >= 4 is 17.7 Å². The third kappa shape index (κ3) is 5.02. The lowest BCUT2D eigenvalue weighted by atomic mass is 9.93. The number of carbonyl (C=O) groups is 3. The molecule has 4 rings (SSSR count). The average Bonchev–Trinajstić information content (AvgIpc) is 2.80. The van der Waals surface area contributed by atoms with Gasteiger partial charge in [-0.2, -0.15) is 0 Å². The maximum absolute atomic E-state index is 13.2. The van der Waals surface area contributed by atoms with E-state index in [0.29, 0.717) is 45.1 Å². The molecule has 31 heavy (non-hydrogen) atoms. The number of ether oxygens (including phenoxy) is 1. The molecule has 3 amide bonds. The molecule has 3 fully saturated rings. The molecule has 1 aromatic rings. The van der Waals surface area contributed by atoms with Gasteiger partial charge in [0, 0.05) is 38.6 Å². The number of hydrogen-bond acceptors (Lipinski definition) is 4. The highest BCUT2D eigenvalue weighted by atomic mass is 16.5. The molecule has 7 nitrogen and oxygen atoms in total. The zero-order valence-corrected chi connectivity index (χ0v) is 18.4. The number of benzene rings is 1. The van der Waals surface area contributed by atoms with Gasteiger partial charge in [-0.05, 0) is 37.0 Å². The SMILES string of the molecule is COc1cccc(CN2CC(C(=O)N3CCN(C4CCCCC4)C(=O)C3)CCC2=O)c1. The van der Waals surface area contributed by atoms with Gasteiger partial charge in [-0.3, -0.25) is 14.4 Å². The third-order valence-corrected chi connectivity index (χ3v) is 6.94. The molecule has 0 N–H and O–H groups in total. The highest BCUT2D eigenvalue weighted by Gasteiger charge is 2.37. The molecule has 1 atom stereocenters. The second-order valence-electron chi connectivity index (χ2n) is 9.00. The van der Waals surface area contributed by atoms with E-state index in [1.807, 2.05) is 29.2 Å². The largest absolute Gasteiger partial charge is 0.497 e. The predicted octanol–water partition coefficient (Wildman–Crippen LogP) is 2.44. The number of piperazine rings is 1. The Hall–Kier alpha value is -2.57. The molecule has 1 saturated carbocycles. The van der Waals surface area contributed by atoms with E-state index in [1.165, 1.54) is 19.3 Å². The van der Waals surface area contributed by atoms with Gasteiger partial charge in [0.15, 0.2) is 0 Å². The van der Waals surface area contributed by atoms with Gasteiger partial charge in [-0.15, -0.1) is 0 Å². The van der Waals surface area contributed by atoms with Crippen molar-refractivity contribution in [3.05, 3.63) is 29.8 Å². The monoisotopic (exact) mass is 427 g/mol. The second-order valence-corrected chi connectivity index (χ2v) is 9.00. The van der Waals surface area contributed by atoms with Crippen LogP contribution >= 0.6 is 0 Å². The van der Waals surface area contributed by atoms with Crippen LogP contribution in [0.2, 0.25) is 0 Å². The Labute approximate surface area is 184 Å². The van der Waals surface area contributed by atoms with Crippen LogP contribution in [0.3, 0.4) is 0 Å². The van der Waals surface area contributed by atoms with Crippen LogP contribution in [0.15, 0.2) is 24.3 Å². The van der Waals surface area contributed by atoms with Crippen LogP contribution in [-0.2, 0) is 20.9 Å². The van der Waals surface area contributed by atoms with Crippen molar-refractivity contribution in [2.24, 2.45) is 5.92 Å². The number of rotatable bonds is 5. The molecule has 0 aromatic heterocycles. The summed E-state index contributed by atoms with van der Waals surface area (Å²) in [6, 6.07) is 8.01. The van der Waals surface area contributed by atoms with Crippen molar-refractivity contribution in [3.8, 4) is 5.75 Å². The first kappa shape index (κ1) is 21.7. The minimum absolute atomic E-state index is 0.0137. The zero-order valence-electron chi connectivity index (χ0n) is 18.4. The van der Waals surface area contributed by atoms with E-state index >= 15 is 0 Å². The molecule has 2 heterocycles. The van der Waals surface area contributed by atoms with Gasteiger partial charge in [-0.1, -0.05) is 31.4 Å². The maximum atomic E-state index is 13.2. The summed E-state index contributed by atoms with van der Waals surface area (Å²) in [7, 11) is 1.62. The third-order valence-electron chi connectivity index (χ3n) is 6.94. The Morgan fingerprint density at radius 1 is 1.06 bits per heavy atom. The molecule has 2 saturated heterocycles. The summed E-state index contributed by atoms with van der Waals surface area (Å²) in [5, 5.41) is 0. The van der Waals surface area contributed by atoms with E-state index in [2.05, 4.69) is 0 Å². The second kappa shape index (κ2) is 9.71. The van der Waals surface area contributed by atoms with Gasteiger partial charge in [-0.25, -0.2) is 0 Å². The van der Waals surface area contributed by atoms with E-state index in [4.69, 9.17) is 4.74 Å². The quantitative estimate of drug-likeness (QED) is 0.724. The fourth-order valence-corrected chi connectivity index (χ4v) is 5.17. The predicted molar refractivity (Wildman–Crippen MR) is 116 cm³/mol. The molecule has 3 aliphatic rings. The normalized spacial score (nSPS) is 23.3. The minimum atomic E-state index is -0.239. The van der Waals surface area contributed by atoms with Crippen LogP contribution in [0, 0.1) is 5.92 Å². The van der Waals surface area contributed by atoms with E-state index in [1.54, 1.807) is 16.9 Å². The van der Waals surface area contributed by atoms with Gasteiger partial charge in [0.05, 0.1) is 19.6 Å². The molecular formula is C24H33N3O4. The smallest absolute Gasteiger partial charge is 0.242 e. The first-order valence-electron chi connectivity index (χ1n) is 11.5. The van der Waals surface area contributed by atoms with Crippen molar-refractivity contribution in [1.29, 1.82) is 0 Å². The molecular weight excluding hydrogens is 394 g/mol. The molecule has 0 spiro atoms. The zero-order chi connectivity index (χ0) is 21.8. The Kier molecular flexibility index (Phi) is 6.78. The number of carbonyl (C=O) groups excluding carboxylic acids is 3. The van der Waals surface area contributed by atoms with Crippen molar-refractivity contribution < 1.29 is 19.1 Å². The first-order valence-corrected chi connectivity index (χ1v) is 11.5. The highest BCUT2D eigenvalue weighted by Crippen LogP contribution is 2.26. The van der Waals surface area contributed by atoms with Gasteiger partial charge in [0.2, 0.25) is 17.7 Å². The number of piperidine rings is 1. The minimum Gasteiger partial charge on any atom is -0.497 e. The van der Waals surface area contributed by atoms with E-state index in [0.717, 1.165) is 24.2 Å². The number of methoxy groups -OCH3 is 1. The summed E-state index contributed by atoms with van der Waals surface area (Å²) in [5.41, 5.74) is 0.983. The topological polar surface area (TPSA) is 70.2 Å². The van der Waals surface area contributed by atoms with Crippen LogP contribution in [0.4, 0.5) is 0 Å². The van der Waals surface area contributed by atoms with Crippen LogP contribution in [-0.4, -0.2) is 71.8 Å². The van der Waals surface area contributed by atoms with Gasteiger partial charge < -0.3 is 19.4 Å². The number of likely N-dealkylation sites (tertiary alicyclic amines) is 1. The molecule has 1 aromatic carbocycles. The Bertz CT molecular complexity index is 821. The lowest BCUT2D eigenvalue weighted by molar-refractivity contribution is -0.152. The van der Waals surface area contributed by atoms with Gasteiger partial charge in [0.1, 0.15) is 5.75 Å². The van der Waals surface area contributed by atoms with Crippen LogP contribution in [0.25, 0.3) is 0 Å². The lowest BCUT2D eigenvalue weighted by Crippen LogP contribution is -2.57. The van der Waals surface area contributed by atoms with Crippen molar-refractivity contribution in [1.82, 2.24) is 14.7 Å². The Balaban J connectivity index is 1.35. The molecule has 0 radical (unpaired) electrons. The number of amides is 3. The van der Waals surface area contributed by atoms with E-state index in [-0.39, 0.29) is 30.2 Å². The van der Waals surface area contributed by atoms with Gasteiger partial charge >= 0.3 is 0 Å². The van der Waals surface area contributed by atoms with Gasteiger partial charge in [0.25, 0.3) is 0 Å². The van der Waals surface area contributed by atoms with E-state index in [9.17, 15) is 14.4 Å². The molecule has 1 unspecified atom stereocenters. The summed E-state index contributed by atoms with van der Waals surface area (Å²) in [4.78, 5) is 43.9. The van der Waals surface area contributed by atoms with Crippen LogP contribution in [0.1, 0.15) is 50.5 Å². The number of nitrogens with zero attached hydrogens (tertiary/aromatic N) is 3. The molecule has 7 heteroatoms. The highest BCUT2D eigenvalue weighted by molar-refractivity contribution is 5.88. The number of hydrogen-bond donors (Lipinski definition) is 0. The van der Waals surface area contributed by atoms with Crippen LogP contribution < -0.4 is 4.74 Å². The van der Waals surface area contributed by atoms with Crippen molar-refractivity contribution in [2.75, 3.05) is 33.3 Å². The van der Waals surface area contributed by atoms with E-state index < -0.39 is 0 Å². The maximum Gasteiger partial charge on any atom is 0.242 e. The molecule has 1 aliphatic carbocycles. The van der Waals surface area contributed by atoms with Crippen molar-refractivity contribution in [3.63, 3.8) is 0 Å². The Morgan fingerprint density at radius 2 is 1.87 bits per heavy atom. The van der Waals surface area contributed by atoms with Crippen molar-refractivity contribution in [2.45, 2.75) is 57.5 Å². The Morgan fingerprint density at radius 3 is 2.61 bits per heavy atom. The summed E-state index contributed by atoms with van der Waals surface area (Å²) in [6.45, 7) is 2.28. The summed E-state index contributed by atoms with van der Waals surface area (Å²) in [5.74, 6) is 0.678. The average molecular weight is 428 g/mol. The summed E-state index contributed by atoms with van der Waals surface area (Å²) in [6.07, 6.45) is 6.75.